The number of carbonyl (C=O) groups is 1. The molecule has 5 nitrogen and oxygen atoms in total. The molecule has 5 heteroatoms. The molecule has 0 aromatic rings. The maximum atomic E-state index is 12.8. The lowest BCUT2D eigenvalue weighted by Crippen LogP contribution is -2.37. The van der Waals surface area contributed by atoms with Crippen molar-refractivity contribution in [3.63, 3.8) is 0 Å². The standard InChI is InChI=1S/C44H80N2O3/c1-5-7-9-11-13-15-17-19-21-23-25-27-29-31-33-35-37-48-42-39-46(44(47)41-45(3)4)40-43(42)49-38-36-34-32-30-28-26-24-22-20-18-16-14-12-10-8-6-2/h13-16,19-22,42-43H,5-12,17-18,23-41H2,1-4H3/b15-13-,16-14-,21-19-,22-20-/t42-,43?/m1/s1. The van der Waals surface area contributed by atoms with Gasteiger partial charge in [0, 0.05) is 26.3 Å². The van der Waals surface area contributed by atoms with E-state index in [1.165, 1.54) is 128 Å². The van der Waals surface area contributed by atoms with Crippen molar-refractivity contribution < 1.29 is 14.3 Å². The van der Waals surface area contributed by atoms with E-state index in [1.807, 2.05) is 23.9 Å². The number of likely N-dealkylation sites (N-methyl/N-ethyl adjacent to an activating group) is 1. The van der Waals surface area contributed by atoms with Gasteiger partial charge in [0.2, 0.25) is 5.91 Å². The number of hydrogen-bond donors (Lipinski definition) is 0. The number of unbranched alkanes of at least 4 members (excludes halogenated alkanes) is 18. The number of allylic oxidation sites excluding steroid dienone is 8. The van der Waals surface area contributed by atoms with Crippen molar-refractivity contribution in [3.8, 4) is 0 Å². The molecule has 0 aromatic carbocycles. The normalized spacial score (nSPS) is 17.0. The fraction of sp³-hybridized carbons (Fsp3) is 0.795. The molecule has 1 aliphatic rings. The molecule has 284 valence electrons. The summed E-state index contributed by atoms with van der Waals surface area (Å²) in [7, 11) is 3.90. The number of ether oxygens (including phenoxy) is 2. The van der Waals surface area contributed by atoms with Gasteiger partial charge >= 0.3 is 0 Å². The molecule has 1 heterocycles. The second kappa shape index (κ2) is 34.7. The Bertz CT molecular complexity index is 791. The molecular formula is C44H80N2O3. The molecule has 0 N–H and O–H groups in total. The summed E-state index contributed by atoms with van der Waals surface area (Å²) in [5, 5.41) is 0. The van der Waals surface area contributed by atoms with Gasteiger partial charge in [-0.3, -0.25) is 4.79 Å². The Kier molecular flexibility index (Phi) is 32.1. The monoisotopic (exact) mass is 685 g/mol. The predicted octanol–water partition coefficient (Wildman–Crippen LogP) is 11.8. The van der Waals surface area contributed by atoms with E-state index in [0.29, 0.717) is 19.6 Å². The highest BCUT2D eigenvalue weighted by Gasteiger charge is 2.36. The highest BCUT2D eigenvalue weighted by molar-refractivity contribution is 5.78. The van der Waals surface area contributed by atoms with E-state index in [9.17, 15) is 4.79 Å². The molecule has 1 rings (SSSR count). The van der Waals surface area contributed by atoms with Gasteiger partial charge in [0.1, 0.15) is 12.2 Å². The van der Waals surface area contributed by atoms with E-state index >= 15 is 0 Å². The highest BCUT2D eigenvalue weighted by Crippen LogP contribution is 2.19. The number of rotatable bonds is 34. The summed E-state index contributed by atoms with van der Waals surface area (Å²) in [4.78, 5) is 16.7. The van der Waals surface area contributed by atoms with Gasteiger partial charge in [0.05, 0.1) is 6.54 Å². The molecule has 2 atom stereocenters. The van der Waals surface area contributed by atoms with Crippen LogP contribution in [0, 0.1) is 0 Å². The van der Waals surface area contributed by atoms with Gasteiger partial charge in [-0.1, -0.05) is 140 Å². The van der Waals surface area contributed by atoms with Crippen LogP contribution in [0.25, 0.3) is 0 Å². The minimum atomic E-state index is -0.00584. The third-order valence-corrected chi connectivity index (χ3v) is 9.37. The molecule has 0 radical (unpaired) electrons. The molecule has 1 fully saturated rings. The molecule has 0 spiro atoms. The Balaban J connectivity index is 2.13. The Labute approximate surface area is 305 Å². The van der Waals surface area contributed by atoms with Gasteiger partial charge in [-0.2, -0.15) is 0 Å². The lowest BCUT2D eigenvalue weighted by Gasteiger charge is -2.19. The Morgan fingerprint density at radius 3 is 1.24 bits per heavy atom. The van der Waals surface area contributed by atoms with Crippen LogP contribution in [-0.4, -0.2) is 74.9 Å². The molecule has 0 aromatic heterocycles. The molecule has 0 aliphatic carbocycles. The lowest BCUT2D eigenvalue weighted by atomic mass is 10.1. The highest BCUT2D eigenvalue weighted by atomic mass is 16.5. The van der Waals surface area contributed by atoms with Crippen molar-refractivity contribution in [2.75, 3.05) is 46.9 Å². The maximum Gasteiger partial charge on any atom is 0.236 e. The van der Waals surface area contributed by atoms with Crippen molar-refractivity contribution in [2.24, 2.45) is 0 Å². The van der Waals surface area contributed by atoms with E-state index in [2.05, 4.69) is 62.5 Å². The van der Waals surface area contributed by atoms with E-state index < -0.39 is 0 Å². The second-order valence-corrected chi connectivity index (χ2v) is 14.5. The molecule has 1 aliphatic heterocycles. The van der Waals surface area contributed by atoms with Crippen molar-refractivity contribution in [2.45, 2.75) is 180 Å². The van der Waals surface area contributed by atoms with Crippen LogP contribution in [0.15, 0.2) is 48.6 Å². The molecular weight excluding hydrogens is 604 g/mol. The van der Waals surface area contributed by atoms with Gasteiger partial charge in [-0.05, 0) is 91.1 Å². The van der Waals surface area contributed by atoms with Gasteiger partial charge < -0.3 is 19.3 Å². The average molecular weight is 685 g/mol. The smallest absolute Gasteiger partial charge is 0.236 e. The van der Waals surface area contributed by atoms with Gasteiger partial charge in [-0.15, -0.1) is 0 Å². The maximum absolute atomic E-state index is 12.8. The summed E-state index contributed by atoms with van der Waals surface area (Å²) in [6.45, 7) is 7.80. The van der Waals surface area contributed by atoms with Crippen LogP contribution < -0.4 is 0 Å². The Morgan fingerprint density at radius 1 is 0.531 bits per heavy atom. The van der Waals surface area contributed by atoms with Crippen LogP contribution in [0.1, 0.15) is 168 Å². The molecule has 0 bridgehead atoms. The summed E-state index contributed by atoms with van der Waals surface area (Å²) in [5.74, 6) is 0.173. The number of hydrogen-bond acceptors (Lipinski definition) is 4. The summed E-state index contributed by atoms with van der Waals surface area (Å²) in [6.07, 6.45) is 48.6. The molecule has 1 saturated heterocycles. The van der Waals surface area contributed by atoms with E-state index in [-0.39, 0.29) is 18.1 Å². The van der Waals surface area contributed by atoms with Crippen molar-refractivity contribution in [1.82, 2.24) is 9.80 Å². The minimum Gasteiger partial charge on any atom is -0.374 e. The second-order valence-electron chi connectivity index (χ2n) is 14.5. The van der Waals surface area contributed by atoms with E-state index in [4.69, 9.17) is 9.47 Å². The quantitative estimate of drug-likeness (QED) is 0.0500. The van der Waals surface area contributed by atoms with Crippen molar-refractivity contribution >= 4 is 5.91 Å². The number of likely N-dealkylation sites (tertiary alicyclic amines) is 1. The van der Waals surface area contributed by atoms with Crippen LogP contribution in [0.2, 0.25) is 0 Å². The van der Waals surface area contributed by atoms with E-state index in [1.54, 1.807) is 0 Å². The zero-order valence-electron chi connectivity index (χ0n) is 32.9. The van der Waals surface area contributed by atoms with Crippen molar-refractivity contribution in [1.29, 1.82) is 0 Å². The van der Waals surface area contributed by atoms with Crippen LogP contribution in [0.5, 0.6) is 0 Å². The first-order chi connectivity index (χ1) is 24.1. The average Bonchev–Trinajstić information content (AvgIpc) is 3.50. The summed E-state index contributed by atoms with van der Waals surface area (Å²) in [5.41, 5.74) is 0. The van der Waals surface area contributed by atoms with Gasteiger partial charge in [-0.25, -0.2) is 0 Å². The molecule has 1 amide bonds. The molecule has 1 unspecified atom stereocenters. The van der Waals surface area contributed by atoms with Crippen LogP contribution in [-0.2, 0) is 14.3 Å². The number of amides is 1. The Hall–Kier alpha value is -1.69. The van der Waals surface area contributed by atoms with Crippen LogP contribution >= 0.6 is 0 Å². The third kappa shape index (κ3) is 28.7. The Morgan fingerprint density at radius 2 is 0.878 bits per heavy atom. The zero-order chi connectivity index (χ0) is 35.5. The van der Waals surface area contributed by atoms with Gasteiger partial charge in [0.25, 0.3) is 0 Å². The number of nitrogens with zero attached hydrogens (tertiary/aromatic N) is 2. The SMILES string of the molecule is CCCCC/C=C\C/C=C\CCCCCCCCOC1CN(C(=O)CN(C)C)C[C@H]1OCCCCCCCC/C=C\C/C=C\CCCCC. The fourth-order valence-electron chi connectivity index (χ4n) is 6.29. The summed E-state index contributed by atoms with van der Waals surface area (Å²) in [6, 6.07) is 0. The largest absolute Gasteiger partial charge is 0.374 e. The molecule has 0 saturated carbocycles. The lowest BCUT2D eigenvalue weighted by molar-refractivity contribution is -0.131. The first-order valence-electron chi connectivity index (χ1n) is 20.8. The first kappa shape index (κ1) is 45.3. The predicted molar refractivity (Wildman–Crippen MR) is 213 cm³/mol. The van der Waals surface area contributed by atoms with Crippen LogP contribution in [0.3, 0.4) is 0 Å². The minimum absolute atomic E-state index is 0.00584. The van der Waals surface area contributed by atoms with E-state index in [0.717, 1.165) is 38.9 Å². The topological polar surface area (TPSA) is 42.0 Å². The van der Waals surface area contributed by atoms with Crippen molar-refractivity contribution in [3.05, 3.63) is 48.6 Å². The van der Waals surface area contributed by atoms with Gasteiger partial charge in [0.15, 0.2) is 0 Å². The third-order valence-electron chi connectivity index (χ3n) is 9.37. The first-order valence-corrected chi connectivity index (χ1v) is 20.8. The number of carbonyl (C=O) groups excluding carboxylic acids is 1. The molecule has 49 heavy (non-hydrogen) atoms. The van der Waals surface area contributed by atoms with Crippen LogP contribution in [0.4, 0.5) is 0 Å². The fourth-order valence-corrected chi connectivity index (χ4v) is 6.29. The zero-order valence-corrected chi connectivity index (χ0v) is 32.9. The summed E-state index contributed by atoms with van der Waals surface area (Å²) >= 11 is 0. The summed E-state index contributed by atoms with van der Waals surface area (Å²) < 4.78 is 12.7.